The molecule has 0 bridgehead atoms. The van der Waals surface area contributed by atoms with Gasteiger partial charge in [-0.25, -0.2) is 4.98 Å². The minimum atomic E-state index is -0.313. The van der Waals surface area contributed by atoms with Crippen molar-refractivity contribution in [3.63, 3.8) is 0 Å². The number of nitrogens with one attached hydrogen (secondary N) is 2. The minimum absolute atomic E-state index is 0.0690. The van der Waals surface area contributed by atoms with Crippen LogP contribution in [0.2, 0.25) is 5.02 Å². The lowest BCUT2D eigenvalue weighted by Crippen LogP contribution is -2.48. The molecule has 2 amide bonds. The van der Waals surface area contributed by atoms with E-state index in [1.165, 1.54) is 17.4 Å². The molecule has 0 aliphatic carbocycles. The number of thiophene rings is 1. The maximum absolute atomic E-state index is 13.1. The molecule has 0 spiro atoms. The van der Waals surface area contributed by atoms with E-state index >= 15 is 0 Å². The fraction of sp³-hybridized carbons (Fsp3) is 0.214. The van der Waals surface area contributed by atoms with Gasteiger partial charge in [0.15, 0.2) is 0 Å². The summed E-state index contributed by atoms with van der Waals surface area (Å²) < 4.78 is 6.88. The summed E-state index contributed by atoms with van der Waals surface area (Å²) in [6.45, 7) is 9.67. The lowest BCUT2D eigenvalue weighted by atomic mass is 10.1. The molecule has 2 aromatic heterocycles. The van der Waals surface area contributed by atoms with Crippen molar-refractivity contribution in [2.24, 2.45) is 0 Å². The molecular weight excluding hydrogens is 536 g/mol. The standard InChI is InChI=1S/C28H27ClN6O3S/c1-3-24(36)30-18-6-5-7-20(16-18)38-26-25-23(10-15-39-25)32-28(33-26)31-19-8-9-21(22(29)17-19)27(37)35-13-11-34(4-2)12-14-35/h3,5-10,15-17H,1,4,11-14H2,2H3,(H,30,36)(H,31,32,33). The molecule has 3 heterocycles. The van der Waals surface area contributed by atoms with Gasteiger partial charge in [0.25, 0.3) is 5.91 Å². The third kappa shape index (κ3) is 6.19. The molecule has 0 atom stereocenters. The number of benzene rings is 2. The Morgan fingerprint density at radius 3 is 2.67 bits per heavy atom. The van der Waals surface area contributed by atoms with Gasteiger partial charge in [0.05, 0.1) is 16.1 Å². The van der Waals surface area contributed by atoms with Crippen molar-refractivity contribution >= 4 is 62.3 Å². The first-order valence-electron chi connectivity index (χ1n) is 12.5. The molecule has 4 aromatic rings. The van der Waals surface area contributed by atoms with Gasteiger partial charge in [0.1, 0.15) is 10.4 Å². The van der Waals surface area contributed by atoms with Crippen molar-refractivity contribution < 1.29 is 14.3 Å². The summed E-state index contributed by atoms with van der Waals surface area (Å²) in [4.78, 5) is 38.1. The summed E-state index contributed by atoms with van der Waals surface area (Å²) >= 11 is 8.01. The zero-order chi connectivity index (χ0) is 27.4. The number of aromatic nitrogens is 2. The number of rotatable bonds is 8. The molecule has 2 aromatic carbocycles. The highest BCUT2D eigenvalue weighted by Gasteiger charge is 2.23. The van der Waals surface area contributed by atoms with Crippen LogP contribution in [0.3, 0.4) is 0 Å². The molecule has 2 N–H and O–H groups in total. The number of ether oxygens (including phenoxy) is 1. The van der Waals surface area contributed by atoms with E-state index in [0.717, 1.165) is 24.3 Å². The summed E-state index contributed by atoms with van der Waals surface area (Å²) in [7, 11) is 0. The van der Waals surface area contributed by atoms with Crippen LogP contribution in [-0.4, -0.2) is 64.3 Å². The van der Waals surface area contributed by atoms with Crippen LogP contribution >= 0.6 is 22.9 Å². The molecule has 200 valence electrons. The van der Waals surface area contributed by atoms with E-state index in [-0.39, 0.29) is 11.8 Å². The molecule has 0 saturated carbocycles. The van der Waals surface area contributed by atoms with Crippen LogP contribution in [0.4, 0.5) is 17.3 Å². The number of piperazine rings is 1. The Bertz CT molecular complexity index is 1530. The monoisotopic (exact) mass is 562 g/mol. The maximum Gasteiger partial charge on any atom is 0.255 e. The Hall–Kier alpha value is -3.99. The summed E-state index contributed by atoms with van der Waals surface area (Å²) in [5, 5.41) is 8.16. The zero-order valence-electron chi connectivity index (χ0n) is 21.3. The highest BCUT2D eigenvalue weighted by molar-refractivity contribution is 7.17. The van der Waals surface area contributed by atoms with E-state index in [1.807, 2.05) is 16.3 Å². The first-order chi connectivity index (χ1) is 18.9. The number of fused-ring (bicyclic) bond motifs is 1. The summed E-state index contributed by atoms with van der Waals surface area (Å²) in [5.41, 5.74) is 2.40. The maximum atomic E-state index is 13.1. The average Bonchev–Trinajstić information content (AvgIpc) is 3.42. The van der Waals surface area contributed by atoms with Gasteiger partial charge >= 0.3 is 0 Å². The van der Waals surface area contributed by atoms with Crippen molar-refractivity contribution in [2.45, 2.75) is 6.92 Å². The van der Waals surface area contributed by atoms with Gasteiger partial charge in [-0.3, -0.25) is 9.59 Å². The highest BCUT2D eigenvalue weighted by Crippen LogP contribution is 2.34. The van der Waals surface area contributed by atoms with Crippen molar-refractivity contribution in [3.8, 4) is 11.6 Å². The topological polar surface area (TPSA) is 99.7 Å². The smallest absolute Gasteiger partial charge is 0.255 e. The molecule has 1 saturated heterocycles. The van der Waals surface area contributed by atoms with Gasteiger partial charge in [0.2, 0.25) is 17.7 Å². The Kier molecular flexibility index (Phi) is 8.06. The molecule has 0 radical (unpaired) electrons. The van der Waals surface area contributed by atoms with Crippen LogP contribution in [0.25, 0.3) is 10.2 Å². The second kappa shape index (κ2) is 11.8. The first kappa shape index (κ1) is 26.6. The van der Waals surface area contributed by atoms with E-state index in [2.05, 4.69) is 39.0 Å². The fourth-order valence-electron chi connectivity index (χ4n) is 4.24. The number of halogens is 1. The third-order valence-corrected chi connectivity index (χ3v) is 7.54. The normalized spacial score (nSPS) is 13.7. The van der Waals surface area contributed by atoms with Gasteiger partial charge in [-0.1, -0.05) is 31.2 Å². The number of anilines is 3. The minimum Gasteiger partial charge on any atom is -0.437 e. The van der Waals surface area contributed by atoms with Crippen LogP contribution < -0.4 is 15.4 Å². The Morgan fingerprint density at radius 1 is 1.10 bits per heavy atom. The van der Waals surface area contributed by atoms with Gasteiger partial charge in [-0.15, -0.1) is 11.3 Å². The van der Waals surface area contributed by atoms with Crippen LogP contribution in [0.5, 0.6) is 11.6 Å². The van der Waals surface area contributed by atoms with Crippen LogP contribution in [0.15, 0.2) is 66.6 Å². The Labute approximate surface area is 235 Å². The number of nitrogens with zero attached hydrogens (tertiary/aromatic N) is 4. The second-order valence-corrected chi connectivity index (χ2v) is 10.2. The molecule has 1 aliphatic heterocycles. The second-order valence-electron chi connectivity index (χ2n) is 8.86. The van der Waals surface area contributed by atoms with E-state index < -0.39 is 0 Å². The van der Waals surface area contributed by atoms with E-state index in [1.54, 1.807) is 42.5 Å². The van der Waals surface area contributed by atoms with E-state index in [9.17, 15) is 9.59 Å². The molecule has 5 rings (SSSR count). The quantitative estimate of drug-likeness (QED) is 0.262. The lowest BCUT2D eigenvalue weighted by molar-refractivity contribution is -0.111. The fourth-order valence-corrected chi connectivity index (χ4v) is 5.25. The number of carbonyl (C=O) groups excluding carboxylic acids is 2. The van der Waals surface area contributed by atoms with Crippen molar-refractivity contribution in [1.29, 1.82) is 0 Å². The van der Waals surface area contributed by atoms with Crippen LogP contribution in [0.1, 0.15) is 17.3 Å². The highest BCUT2D eigenvalue weighted by atomic mass is 35.5. The molecular formula is C28H27ClN6O3S. The zero-order valence-corrected chi connectivity index (χ0v) is 22.9. The Morgan fingerprint density at radius 2 is 1.92 bits per heavy atom. The third-order valence-electron chi connectivity index (χ3n) is 6.34. The molecule has 9 nitrogen and oxygen atoms in total. The van der Waals surface area contributed by atoms with E-state index in [0.29, 0.717) is 58.1 Å². The van der Waals surface area contributed by atoms with Crippen LogP contribution in [-0.2, 0) is 4.79 Å². The number of likely N-dealkylation sites (N-methyl/N-ethyl adjacent to an activating group) is 1. The predicted octanol–water partition coefficient (Wildman–Crippen LogP) is 5.78. The van der Waals surface area contributed by atoms with Gasteiger partial charge in [-0.2, -0.15) is 4.98 Å². The molecule has 11 heteroatoms. The van der Waals surface area contributed by atoms with Crippen molar-refractivity contribution in [3.05, 3.63) is 77.2 Å². The largest absolute Gasteiger partial charge is 0.437 e. The summed E-state index contributed by atoms with van der Waals surface area (Å²) in [5.74, 6) is 0.806. The molecule has 39 heavy (non-hydrogen) atoms. The average molecular weight is 563 g/mol. The SMILES string of the molecule is C=CC(=O)Nc1cccc(Oc2nc(Nc3ccc(C(=O)N4CCN(CC)CC4)c(Cl)c3)nc3ccsc23)c1. The summed E-state index contributed by atoms with van der Waals surface area (Å²) in [6.07, 6.45) is 1.20. The molecule has 1 aliphatic rings. The number of hydrogen-bond donors (Lipinski definition) is 2. The number of carbonyl (C=O) groups is 2. The molecule has 0 unspecified atom stereocenters. The number of hydrogen-bond acceptors (Lipinski definition) is 8. The van der Waals surface area contributed by atoms with E-state index in [4.69, 9.17) is 16.3 Å². The van der Waals surface area contributed by atoms with Crippen molar-refractivity contribution in [2.75, 3.05) is 43.4 Å². The van der Waals surface area contributed by atoms with Crippen LogP contribution in [0, 0.1) is 0 Å². The predicted molar refractivity (Wildman–Crippen MR) is 156 cm³/mol. The lowest BCUT2D eigenvalue weighted by Gasteiger charge is -2.34. The Balaban J connectivity index is 1.34. The summed E-state index contributed by atoms with van der Waals surface area (Å²) in [6, 6.07) is 14.1. The van der Waals surface area contributed by atoms with Gasteiger partial charge < -0.3 is 25.2 Å². The molecule has 1 fully saturated rings. The van der Waals surface area contributed by atoms with Gasteiger partial charge in [-0.05, 0) is 54.4 Å². The first-order valence-corrected chi connectivity index (χ1v) is 13.7. The number of amides is 2. The van der Waals surface area contributed by atoms with Crippen molar-refractivity contribution in [1.82, 2.24) is 19.8 Å². The van der Waals surface area contributed by atoms with Gasteiger partial charge in [0, 0.05) is 43.6 Å².